The number of nitrogens with one attached hydrogen (secondary N) is 1. The van der Waals surface area contributed by atoms with Gasteiger partial charge >= 0.3 is 0 Å². The minimum Gasteiger partial charge on any atom is -0.394 e. The lowest BCUT2D eigenvalue weighted by atomic mass is 9.97. The summed E-state index contributed by atoms with van der Waals surface area (Å²) in [7, 11) is 0. The molecule has 2 saturated heterocycles. The van der Waals surface area contributed by atoms with Crippen LogP contribution < -0.4 is 5.32 Å². The Hall–Kier alpha value is -2.31. The van der Waals surface area contributed by atoms with Crippen molar-refractivity contribution < 1.29 is 64.6 Å². The average Bonchev–Trinajstić information content (AvgIpc) is 1.56. The molecule has 0 radical (unpaired) electrons. The Kier molecular flexibility index (Phi) is 53.5. The molecule has 0 saturated carbocycles. The van der Waals surface area contributed by atoms with E-state index >= 15 is 0 Å². The number of allylic oxidation sites excluding steroid dienone is 10. The molecule has 12 unspecified atom stereocenters. The predicted molar refractivity (Wildman–Crippen MR) is 355 cm³/mol. The van der Waals surface area contributed by atoms with Gasteiger partial charge in [0.2, 0.25) is 5.91 Å². The molecule has 2 rings (SSSR count). The third kappa shape index (κ3) is 41.7. The molecule has 0 aromatic rings. The first-order valence-electron chi connectivity index (χ1n) is 36.0. The minimum atomic E-state index is -1.79. The van der Waals surface area contributed by atoms with E-state index in [4.69, 9.17) is 18.9 Å². The normalized spacial score (nSPS) is 23.6. The largest absolute Gasteiger partial charge is 0.394 e. The summed E-state index contributed by atoms with van der Waals surface area (Å²) in [5, 5.41) is 87.6. The van der Waals surface area contributed by atoms with Gasteiger partial charge in [0.1, 0.15) is 48.8 Å². The van der Waals surface area contributed by atoms with E-state index in [-0.39, 0.29) is 18.9 Å². The van der Waals surface area contributed by atoms with Gasteiger partial charge < -0.3 is 65.1 Å². The van der Waals surface area contributed by atoms with Crippen molar-refractivity contribution in [3.8, 4) is 0 Å². The first-order chi connectivity index (χ1) is 42.6. The molecule has 1 amide bonds. The molecule has 9 N–H and O–H groups in total. The van der Waals surface area contributed by atoms with Crippen LogP contribution in [0, 0.1) is 0 Å². The van der Waals surface area contributed by atoms with Crippen LogP contribution >= 0.6 is 0 Å². The third-order valence-corrected chi connectivity index (χ3v) is 17.5. The van der Waals surface area contributed by atoms with Crippen molar-refractivity contribution in [1.82, 2.24) is 5.32 Å². The molecular weight excluding hydrogens is 1100 g/mol. The quantitative estimate of drug-likeness (QED) is 0.0204. The Labute approximate surface area is 530 Å². The SMILES string of the molecule is CC/C=C\C/C=C\C/C=C\C/C=C\C/C=C\CCCCCCCC(=O)NC(COC1OC(CO)C(OC2OC(CO)C(O)C(O)C2O)C(O)C1O)C(O)CCCCCCCCCCCCCCCCCCCCCCCCCCCCCCCCCC. The van der Waals surface area contributed by atoms with Crippen LogP contribution in [-0.4, -0.2) is 140 Å². The van der Waals surface area contributed by atoms with Crippen LogP contribution in [0.25, 0.3) is 0 Å². The number of ether oxygens (including phenoxy) is 4. The lowest BCUT2D eigenvalue weighted by Crippen LogP contribution is -2.65. The van der Waals surface area contributed by atoms with Crippen LogP contribution in [0.5, 0.6) is 0 Å². The van der Waals surface area contributed by atoms with Gasteiger partial charge in [0, 0.05) is 6.42 Å². The molecule has 87 heavy (non-hydrogen) atoms. The van der Waals surface area contributed by atoms with Crippen molar-refractivity contribution in [3.63, 3.8) is 0 Å². The number of aliphatic hydroxyl groups is 8. The highest BCUT2D eigenvalue weighted by Gasteiger charge is 2.51. The summed E-state index contributed by atoms with van der Waals surface area (Å²) in [4.78, 5) is 13.3. The molecular formula is C73H133NO13. The van der Waals surface area contributed by atoms with Gasteiger partial charge in [-0.3, -0.25) is 4.79 Å². The zero-order valence-corrected chi connectivity index (χ0v) is 55.3. The van der Waals surface area contributed by atoms with Crippen LogP contribution in [0.4, 0.5) is 0 Å². The summed E-state index contributed by atoms with van der Waals surface area (Å²) in [6, 6.07) is -0.844. The molecule has 12 atom stereocenters. The minimum absolute atomic E-state index is 0.223. The standard InChI is InChI=1S/C73H133NO13/c1-3-5-7-9-11-13-15-17-19-21-23-25-26-27-28-29-30-31-32-33-34-35-37-38-40-42-44-46-48-50-52-54-56-62(77)61(60-84-72-70(83)68(81)71(64(59-76)86-72)87-73-69(82)67(80)66(79)63(58-75)85-73)74-65(78)57-55-53-51-49-47-45-43-41-39-36-24-22-20-18-16-14-12-10-8-6-4-2/h6,8,12,14,18,20,24,36,41,43,61-64,66-73,75-77,79-83H,3-5,7,9-11,13,15-17,19,21-23,25-35,37-40,42,44-60H2,1-2H3,(H,74,78)/b8-6-,14-12-,20-18-,36-24-,43-41-. The molecule has 508 valence electrons. The second-order valence-electron chi connectivity index (χ2n) is 25.3. The second kappa shape index (κ2) is 57.6. The van der Waals surface area contributed by atoms with Gasteiger partial charge in [0.25, 0.3) is 0 Å². The molecule has 2 aliphatic rings. The van der Waals surface area contributed by atoms with Gasteiger partial charge in [-0.2, -0.15) is 0 Å². The summed E-state index contributed by atoms with van der Waals surface area (Å²) < 4.78 is 22.9. The van der Waals surface area contributed by atoms with E-state index in [1.165, 1.54) is 180 Å². The molecule has 0 bridgehead atoms. The maximum absolute atomic E-state index is 13.3. The first-order valence-corrected chi connectivity index (χ1v) is 36.0. The van der Waals surface area contributed by atoms with E-state index in [1.807, 2.05) is 0 Å². The fourth-order valence-corrected chi connectivity index (χ4v) is 11.8. The zero-order chi connectivity index (χ0) is 63.1. The Morgan fingerprint density at radius 2 is 0.793 bits per heavy atom. The number of unbranched alkanes of at least 4 members (excludes halogenated alkanes) is 36. The van der Waals surface area contributed by atoms with E-state index in [0.717, 1.165) is 89.9 Å². The topological polar surface area (TPSA) is 228 Å². The fraction of sp³-hybridized carbons (Fsp3) is 0.849. The van der Waals surface area contributed by atoms with Crippen molar-refractivity contribution in [2.24, 2.45) is 0 Å². The highest BCUT2D eigenvalue weighted by Crippen LogP contribution is 2.30. The maximum Gasteiger partial charge on any atom is 0.220 e. The molecule has 14 heteroatoms. The average molecular weight is 1230 g/mol. The Morgan fingerprint density at radius 3 is 1.22 bits per heavy atom. The van der Waals surface area contributed by atoms with Gasteiger partial charge in [0.05, 0.1) is 32.0 Å². The van der Waals surface area contributed by atoms with Crippen molar-refractivity contribution in [2.45, 2.75) is 376 Å². The summed E-state index contributed by atoms with van der Waals surface area (Å²) in [6.07, 6.45) is 59.6. The number of rotatable bonds is 59. The van der Waals surface area contributed by atoms with Crippen LogP contribution in [0.1, 0.15) is 303 Å². The fourth-order valence-electron chi connectivity index (χ4n) is 11.8. The Balaban J connectivity index is 1.65. The van der Waals surface area contributed by atoms with E-state index in [0.29, 0.717) is 12.8 Å². The maximum atomic E-state index is 13.3. The molecule has 0 aromatic carbocycles. The van der Waals surface area contributed by atoms with E-state index in [9.17, 15) is 45.6 Å². The summed E-state index contributed by atoms with van der Waals surface area (Å²) in [5.41, 5.74) is 0. The molecule has 0 spiro atoms. The number of amides is 1. The van der Waals surface area contributed by atoms with E-state index in [1.54, 1.807) is 0 Å². The van der Waals surface area contributed by atoms with Crippen LogP contribution in [0.3, 0.4) is 0 Å². The third-order valence-electron chi connectivity index (χ3n) is 17.5. The van der Waals surface area contributed by atoms with Crippen molar-refractivity contribution >= 4 is 5.91 Å². The number of carbonyl (C=O) groups excluding carboxylic acids is 1. The highest BCUT2D eigenvalue weighted by molar-refractivity contribution is 5.76. The van der Waals surface area contributed by atoms with Gasteiger partial charge in [-0.05, 0) is 57.8 Å². The predicted octanol–water partition coefficient (Wildman–Crippen LogP) is 14.8. The number of carbonyl (C=O) groups is 1. The number of aliphatic hydroxyl groups excluding tert-OH is 8. The van der Waals surface area contributed by atoms with Gasteiger partial charge in [-0.15, -0.1) is 0 Å². The van der Waals surface area contributed by atoms with Gasteiger partial charge in [-0.1, -0.05) is 299 Å². The molecule has 0 aromatic heterocycles. The molecule has 2 heterocycles. The van der Waals surface area contributed by atoms with Crippen LogP contribution in [0.15, 0.2) is 60.8 Å². The van der Waals surface area contributed by atoms with E-state index in [2.05, 4.69) is 79.9 Å². The van der Waals surface area contributed by atoms with E-state index < -0.39 is 86.8 Å². The van der Waals surface area contributed by atoms with Crippen molar-refractivity contribution in [1.29, 1.82) is 0 Å². The van der Waals surface area contributed by atoms with Crippen molar-refractivity contribution in [3.05, 3.63) is 60.8 Å². The molecule has 2 fully saturated rings. The molecule has 14 nitrogen and oxygen atoms in total. The monoisotopic (exact) mass is 1230 g/mol. The number of hydrogen-bond donors (Lipinski definition) is 9. The van der Waals surface area contributed by atoms with Crippen LogP contribution in [0.2, 0.25) is 0 Å². The lowest BCUT2D eigenvalue weighted by Gasteiger charge is -2.46. The first kappa shape index (κ1) is 80.8. The zero-order valence-electron chi connectivity index (χ0n) is 55.3. The molecule has 2 aliphatic heterocycles. The Bertz CT molecular complexity index is 1690. The summed E-state index contributed by atoms with van der Waals surface area (Å²) in [6.45, 7) is 2.77. The number of hydrogen-bond acceptors (Lipinski definition) is 13. The Morgan fingerprint density at radius 1 is 0.425 bits per heavy atom. The van der Waals surface area contributed by atoms with Gasteiger partial charge in [0.15, 0.2) is 12.6 Å². The lowest BCUT2D eigenvalue weighted by molar-refractivity contribution is -0.359. The van der Waals surface area contributed by atoms with Crippen LogP contribution in [-0.2, 0) is 23.7 Å². The summed E-state index contributed by atoms with van der Waals surface area (Å²) in [5.74, 6) is -0.223. The summed E-state index contributed by atoms with van der Waals surface area (Å²) >= 11 is 0. The second-order valence-corrected chi connectivity index (χ2v) is 25.3. The van der Waals surface area contributed by atoms with Crippen molar-refractivity contribution in [2.75, 3.05) is 19.8 Å². The molecule has 0 aliphatic carbocycles. The van der Waals surface area contributed by atoms with Gasteiger partial charge in [-0.25, -0.2) is 0 Å². The highest BCUT2D eigenvalue weighted by atomic mass is 16.7. The smallest absolute Gasteiger partial charge is 0.220 e.